The zero-order chi connectivity index (χ0) is 62.3. The Morgan fingerprint density at radius 3 is 2.37 bits per heavy atom. The molecule has 0 radical (unpaired) electrons. The molecule has 16 heteroatoms. The summed E-state index contributed by atoms with van der Waals surface area (Å²) in [7, 11) is 4.18. The number of hydrogen-bond donors (Lipinski definition) is 7. The van der Waals surface area contributed by atoms with Gasteiger partial charge in [0.05, 0.1) is 12.2 Å². The highest BCUT2D eigenvalue weighted by atomic mass is 33.1. The number of guanidine groups is 2. The first-order chi connectivity index (χ1) is 44.0. The molecule has 12 bridgehead atoms. The zero-order valence-corrected chi connectivity index (χ0v) is 56.0. The van der Waals surface area contributed by atoms with Gasteiger partial charge in [0.25, 0.3) is 0 Å². The van der Waals surface area contributed by atoms with Crippen molar-refractivity contribution in [3.8, 4) is 11.5 Å². The Morgan fingerprint density at radius 1 is 0.824 bits per heavy atom. The van der Waals surface area contributed by atoms with Gasteiger partial charge in [-0.25, -0.2) is 0 Å². The van der Waals surface area contributed by atoms with Gasteiger partial charge in [0.15, 0.2) is 23.4 Å². The van der Waals surface area contributed by atoms with Crippen LogP contribution in [0.2, 0.25) is 0 Å². The van der Waals surface area contributed by atoms with Crippen molar-refractivity contribution in [3.05, 3.63) is 70.8 Å². The molecule has 1 saturated heterocycles. The number of phenolic OH excluding ortho intramolecular Hbond substituents is 1. The highest BCUT2D eigenvalue weighted by molar-refractivity contribution is 8.77. The van der Waals surface area contributed by atoms with Gasteiger partial charge in [-0.05, 0) is 236 Å². The molecule has 0 aromatic heterocycles. The first-order valence-electron chi connectivity index (χ1n) is 36.6. The Hall–Kier alpha value is -4.12. The summed E-state index contributed by atoms with van der Waals surface area (Å²) in [5.74, 6) is 3.77. The van der Waals surface area contributed by atoms with Crippen molar-refractivity contribution in [1.29, 1.82) is 0 Å². The number of aliphatic hydroxyl groups excluding tert-OH is 2. The van der Waals surface area contributed by atoms with E-state index in [-0.39, 0.29) is 104 Å². The van der Waals surface area contributed by atoms with Crippen molar-refractivity contribution in [2.24, 2.45) is 102 Å². The predicted octanol–water partition coefficient (Wildman–Crippen LogP) is 12.8. The van der Waals surface area contributed by atoms with Crippen LogP contribution in [0.1, 0.15) is 234 Å². The van der Waals surface area contributed by atoms with Crippen LogP contribution in [0.5, 0.6) is 11.5 Å². The van der Waals surface area contributed by atoms with Crippen LogP contribution in [0, 0.1) is 74.4 Å². The second-order valence-electron chi connectivity index (χ2n) is 33.1. The smallest absolute Gasteiger partial charge is 0.303 e. The normalized spacial score (nSPS) is 43.4. The number of aromatic hydroxyl groups is 1. The summed E-state index contributed by atoms with van der Waals surface area (Å²) in [6.07, 6.45) is 34.6. The maximum absolute atomic E-state index is 15.2. The number of nitrogens with zero attached hydrogens (tertiary/aromatic N) is 3. The second-order valence-corrected chi connectivity index (χ2v) is 35.7. The predicted molar refractivity (Wildman–Crippen MR) is 360 cm³/mol. The van der Waals surface area contributed by atoms with E-state index in [1.165, 1.54) is 63.4 Å². The summed E-state index contributed by atoms with van der Waals surface area (Å²) in [6, 6.07) is 13.1. The lowest BCUT2D eigenvalue weighted by Gasteiger charge is -2.62. The fraction of sp³-hybridized carbons (Fsp3) is 0.760. The number of benzene rings is 2. The Bertz CT molecular complexity index is 3230. The molecule has 91 heavy (non-hydrogen) atoms. The van der Waals surface area contributed by atoms with Crippen molar-refractivity contribution < 1.29 is 34.4 Å². The van der Waals surface area contributed by atoms with E-state index in [1.807, 2.05) is 4.90 Å². The largest absolute Gasteiger partial charge is 0.504 e. The number of carbonyl (C=O) groups is 2. The first kappa shape index (κ1) is 61.7. The lowest BCUT2D eigenvalue weighted by Crippen LogP contribution is -2.61. The first-order valence-corrected chi connectivity index (χ1v) is 38.9. The fourth-order valence-electron chi connectivity index (χ4n) is 26.1. The summed E-state index contributed by atoms with van der Waals surface area (Å²) >= 11 is 0. The minimum Gasteiger partial charge on any atom is -0.504 e. The van der Waals surface area contributed by atoms with E-state index >= 15 is 4.79 Å². The molecule has 10 saturated carbocycles. The maximum Gasteiger partial charge on any atom is 0.303 e. The van der Waals surface area contributed by atoms with Gasteiger partial charge >= 0.3 is 5.97 Å². The summed E-state index contributed by atoms with van der Waals surface area (Å²) in [4.78, 5) is 40.8. The number of ether oxygens (including phenoxy) is 2. The van der Waals surface area contributed by atoms with Crippen molar-refractivity contribution >= 4 is 45.4 Å². The number of hydrogen-bond acceptors (Lipinski definition) is 13. The molecule has 2 aromatic carbocycles. The molecular weight excluding hydrogens is 1180 g/mol. The van der Waals surface area contributed by atoms with Crippen LogP contribution >= 0.6 is 21.6 Å². The number of fused-ring (bicyclic) bond motifs is 1. The number of nitrogens with two attached hydrogens (primary N) is 3. The summed E-state index contributed by atoms with van der Waals surface area (Å²) in [6.45, 7) is 3.44. The fourth-order valence-corrected chi connectivity index (χ4v) is 30.1. The van der Waals surface area contributed by atoms with E-state index in [0.29, 0.717) is 68.0 Å². The number of aliphatic imine (C=N–C) groups is 2. The topological polar surface area (TPSA) is 231 Å². The molecular formula is C75H105N7O7S2. The third kappa shape index (κ3) is 9.52. The van der Waals surface area contributed by atoms with Crippen molar-refractivity contribution in [2.75, 3.05) is 25.4 Å². The van der Waals surface area contributed by atoms with Gasteiger partial charge in [-0.3, -0.25) is 19.6 Å². The third-order valence-electron chi connectivity index (χ3n) is 29.7. The number of nitrogens with one attached hydrogen (secondary N) is 1. The van der Waals surface area contributed by atoms with Gasteiger partial charge in [0.1, 0.15) is 16.1 Å². The van der Waals surface area contributed by atoms with Crippen molar-refractivity contribution in [1.82, 2.24) is 10.2 Å². The van der Waals surface area contributed by atoms with E-state index in [4.69, 9.17) is 31.7 Å². The molecule has 11 aliphatic carbocycles. The highest BCUT2D eigenvalue weighted by Gasteiger charge is 2.75. The van der Waals surface area contributed by atoms with Gasteiger partial charge in [-0.15, -0.1) is 0 Å². The molecule has 14 nitrogen and oxygen atoms in total. The van der Waals surface area contributed by atoms with Crippen LogP contribution in [0.4, 0.5) is 0 Å². The number of amides is 1. The minimum absolute atomic E-state index is 0.0530. The second kappa shape index (κ2) is 23.0. The van der Waals surface area contributed by atoms with Crippen LogP contribution in [-0.2, 0) is 27.3 Å². The molecule has 2 aromatic rings. The van der Waals surface area contributed by atoms with Crippen LogP contribution in [-0.4, -0.2) is 97.7 Å². The van der Waals surface area contributed by atoms with Crippen LogP contribution in [0.15, 0.2) is 58.5 Å². The number of allylic oxidation sites excluding steroid dienone is 1. The molecule has 494 valence electrons. The average Bonchev–Trinajstić information content (AvgIpc) is 1.61. The molecule has 1 amide bonds. The van der Waals surface area contributed by atoms with Gasteiger partial charge in [0, 0.05) is 96.8 Å². The monoisotopic (exact) mass is 1280 g/mol. The SMILES string of the molecule is CC(=O)O[C@]12C[C@@H]3CC[C@@H]1Cc1cc(c(O)c4c1[C@H]1C=C[C@@]5(CCC[C@H]5C1)O4)CN1C[C@@]4(CC1=O)[C@@H](CC[C@H]4c1ccccc1)CN=C(N)N[C@@]1(CCCC14CCCC4)SSC[C@H]1CC[C@H](C[C@@]14CCC1(CCCC1)[C@]41CC[C@H](CCN=C(N)N)[C@H]1O)[C@H]3[C@H](O)C2. The summed E-state index contributed by atoms with van der Waals surface area (Å²) < 4.78 is 14.2. The molecule has 20 rings (SSSR count). The van der Waals surface area contributed by atoms with Crippen LogP contribution < -0.4 is 27.3 Å². The van der Waals surface area contributed by atoms with Crippen molar-refractivity contribution in [2.45, 2.75) is 253 Å². The number of esters is 1. The summed E-state index contributed by atoms with van der Waals surface area (Å²) in [5, 5.41) is 44.2. The van der Waals surface area contributed by atoms with Crippen LogP contribution in [0.3, 0.4) is 0 Å². The number of aliphatic hydroxyl groups is 2. The molecule has 0 unspecified atom stereocenters. The van der Waals surface area contributed by atoms with E-state index in [1.54, 1.807) is 6.92 Å². The Balaban J connectivity index is 0.819. The van der Waals surface area contributed by atoms with Gasteiger partial charge in [-0.2, -0.15) is 0 Å². The van der Waals surface area contributed by atoms with Gasteiger partial charge < -0.3 is 52.2 Å². The maximum atomic E-state index is 15.2. The van der Waals surface area contributed by atoms with Crippen LogP contribution in [0.25, 0.3) is 0 Å². The third-order valence-corrected chi connectivity index (χ3v) is 33.0. The Kier molecular flexibility index (Phi) is 15.6. The lowest BCUT2D eigenvalue weighted by molar-refractivity contribution is -0.207. The number of rotatable bonds is 5. The van der Waals surface area contributed by atoms with E-state index in [9.17, 15) is 20.1 Å². The zero-order valence-electron chi connectivity index (χ0n) is 54.4. The standard InChI is InChI=1S/C75H105N7O7S2/c1-46(83)88-73-39-51-14-16-55(73)37-52-35-53(63(86)64-62(52)49-20-30-72(89-64)28-9-13-54(72)36-49)43-82-45-70(41-60(82)85)56(18-19-58(70)47-11-3-2-4-12-47)42-80-67(78)81-75(29-10-27-69(75)25-7-8-26-69)91-90-44-57-17-15-50(61(51)59(84)40-73)38-71(57)33-32-68(23-5-6-24-68)74(71)31-21-48(65(74)87)22-34-79-66(76)77/h2-4,11-12,20,30,35,48-51,54-59,61,65,84,86-87H,5-10,13-19,21-29,31-34,36-45H2,1H3,(H4,76,77,79)(H3,78,80,81)/t48-,49+,50-,51+,54+,55-,56+,57-,58+,59-,61-,65-,70+,71+,72-,73+,74-,75+/m1/s1. The molecule has 18 atom stereocenters. The summed E-state index contributed by atoms with van der Waals surface area (Å²) in [5.41, 5.74) is 21.5. The van der Waals surface area contributed by atoms with E-state index < -0.39 is 28.8 Å². The Morgan fingerprint density at radius 2 is 1.58 bits per heavy atom. The molecule has 10 N–H and O–H groups in total. The molecule has 11 fully saturated rings. The van der Waals surface area contributed by atoms with E-state index in [0.717, 1.165) is 139 Å². The van der Waals surface area contributed by atoms with Gasteiger partial charge in [-0.1, -0.05) is 83.7 Å². The lowest BCUT2D eigenvalue weighted by atomic mass is 9.44. The molecule has 7 spiro atoms. The molecule has 7 aliphatic heterocycles. The Labute approximate surface area is 548 Å². The van der Waals surface area contributed by atoms with E-state index in [2.05, 4.69) is 80.4 Å². The number of carbonyl (C=O) groups excluding carboxylic acids is 2. The quantitative estimate of drug-likeness (QED) is 0.0486. The molecule has 18 aliphatic rings. The molecule has 7 heterocycles. The highest BCUT2D eigenvalue weighted by Crippen LogP contribution is 2.80. The number of phenols is 1. The van der Waals surface area contributed by atoms with Crippen molar-refractivity contribution in [3.63, 3.8) is 0 Å². The minimum atomic E-state index is -0.876. The average molecular weight is 1280 g/mol. The van der Waals surface area contributed by atoms with Gasteiger partial charge in [0.2, 0.25) is 5.91 Å².